The Morgan fingerprint density at radius 3 is 2.62 bits per heavy atom. The Morgan fingerprint density at radius 2 is 2.38 bits per heavy atom. The van der Waals surface area contributed by atoms with Gasteiger partial charge in [-0.2, -0.15) is 0 Å². The average Bonchev–Trinajstić information content (AvgIpc) is 1.69. The van der Waals surface area contributed by atoms with Crippen molar-refractivity contribution in [2.24, 2.45) is 0 Å². The van der Waals surface area contributed by atoms with E-state index in [1.165, 1.54) is 0 Å². The van der Waals surface area contributed by atoms with Gasteiger partial charge in [-0.05, 0) is 6.92 Å². The van der Waals surface area contributed by atoms with Gasteiger partial charge in [0.05, 0.1) is 12.7 Å². The third-order valence-electron chi connectivity index (χ3n) is 1.11. The van der Waals surface area contributed by atoms with E-state index < -0.39 is 0 Å². The SMILES string of the molecule is CC1CNCCO1.N. The molecule has 1 atom stereocenters. The highest BCUT2D eigenvalue weighted by atomic mass is 16.5. The molecule has 1 unspecified atom stereocenters. The molecular formula is C5H14N2O. The summed E-state index contributed by atoms with van der Waals surface area (Å²) in [6.45, 7) is 4.98. The van der Waals surface area contributed by atoms with E-state index in [0.29, 0.717) is 6.10 Å². The summed E-state index contributed by atoms with van der Waals surface area (Å²) in [7, 11) is 0. The van der Waals surface area contributed by atoms with Crippen molar-refractivity contribution in [1.29, 1.82) is 0 Å². The van der Waals surface area contributed by atoms with Crippen LogP contribution in [0.15, 0.2) is 0 Å². The second kappa shape index (κ2) is 3.83. The van der Waals surface area contributed by atoms with Crippen LogP contribution in [0.2, 0.25) is 0 Å². The van der Waals surface area contributed by atoms with Gasteiger partial charge in [-0.25, -0.2) is 0 Å². The van der Waals surface area contributed by atoms with E-state index >= 15 is 0 Å². The van der Waals surface area contributed by atoms with Gasteiger partial charge < -0.3 is 16.2 Å². The lowest BCUT2D eigenvalue weighted by molar-refractivity contribution is 0.0410. The minimum atomic E-state index is 0. The zero-order chi connectivity index (χ0) is 5.11. The molecule has 1 aliphatic rings. The molecule has 1 rings (SSSR count). The fourth-order valence-corrected chi connectivity index (χ4v) is 0.697. The molecule has 3 nitrogen and oxygen atoms in total. The molecule has 0 saturated carbocycles. The first-order chi connectivity index (χ1) is 3.39. The van der Waals surface area contributed by atoms with Crippen molar-refractivity contribution in [3.05, 3.63) is 0 Å². The standard InChI is InChI=1S/C5H11NO.H3N/c1-5-4-6-2-3-7-5;/h5-6H,2-4H2,1H3;1H3. The van der Waals surface area contributed by atoms with E-state index in [-0.39, 0.29) is 6.15 Å². The van der Waals surface area contributed by atoms with Crippen LogP contribution in [0.25, 0.3) is 0 Å². The first-order valence-corrected chi connectivity index (χ1v) is 2.72. The highest BCUT2D eigenvalue weighted by Gasteiger charge is 2.04. The van der Waals surface area contributed by atoms with Gasteiger partial charge in [-0.3, -0.25) is 0 Å². The lowest BCUT2D eigenvalue weighted by Crippen LogP contribution is -2.36. The highest BCUT2D eigenvalue weighted by molar-refractivity contribution is 4.59. The van der Waals surface area contributed by atoms with E-state index in [9.17, 15) is 0 Å². The van der Waals surface area contributed by atoms with Gasteiger partial charge >= 0.3 is 0 Å². The number of nitrogens with one attached hydrogen (secondary N) is 1. The van der Waals surface area contributed by atoms with Gasteiger partial charge in [0, 0.05) is 13.1 Å². The van der Waals surface area contributed by atoms with Crippen molar-refractivity contribution >= 4 is 0 Å². The maximum Gasteiger partial charge on any atom is 0.0672 e. The molecular weight excluding hydrogens is 104 g/mol. The summed E-state index contributed by atoms with van der Waals surface area (Å²) in [5.74, 6) is 0. The molecule has 0 amide bonds. The summed E-state index contributed by atoms with van der Waals surface area (Å²) in [4.78, 5) is 0. The molecule has 8 heavy (non-hydrogen) atoms. The molecule has 50 valence electrons. The highest BCUT2D eigenvalue weighted by Crippen LogP contribution is 1.91. The molecule has 0 spiro atoms. The first-order valence-electron chi connectivity index (χ1n) is 2.72. The first kappa shape index (κ1) is 7.88. The smallest absolute Gasteiger partial charge is 0.0672 e. The molecule has 0 bridgehead atoms. The molecule has 0 aromatic carbocycles. The van der Waals surface area contributed by atoms with Gasteiger partial charge in [-0.1, -0.05) is 0 Å². The topological polar surface area (TPSA) is 56.3 Å². The van der Waals surface area contributed by atoms with Crippen LogP contribution in [0.3, 0.4) is 0 Å². The Balaban J connectivity index is 0.000000490. The summed E-state index contributed by atoms with van der Waals surface area (Å²) in [6, 6.07) is 0. The lowest BCUT2D eigenvalue weighted by atomic mass is 10.3. The van der Waals surface area contributed by atoms with Crippen LogP contribution < -0.4 is 11.5 Å². The van der Waals surface area contributed by atoms with Crippen molar-refractivity contribution in [3.63, 3.8) is 0 Å². The van der Waals surface area contributed by atoms with Crippen LogP contribution >= 0.6 is 0 Å². The van der Waals surface area contributed by atoms with Crippen molar-refractivity contribution in [2.45, 2.75) is 13.0 Å². The summed E-state index contributed by atoms with van der Waals surface area (Å²) >= 11 is 0. The molecule has 0 radical (unpaired) electrons. The summed E-state index contributed by atoms with van der Waals surface area (Å²) < 4.78 is 5.22. The molecule has 1 heterocycles. The third kappa shape index (κ3) is 2.26. The van der Waals surface area contributed by atoms with Gasteiger partial charge in [-0.15, -0.1) is 0 Å². The van der Waals surface area contributed by atoms with Crippen LogP contribution in [0.4, 0.5) is 0 Å². The number of hydrogen-bond donors (Lipinski definition) is 2. The Morgan fingerprint density at radius 1 is 1.62 bits per heavy atom. The van der Waals surface area contributed by atoms with Crippen LogP contribution in [0.5, 0.6) is 0 Å². The van der Waals surface area contributed by atoms with Gasteiger partial charge in [0.15, 0.2) is 0 Å². The molecule has 0 aliphatic carbocycles. The van der Waals surface area contributed by atoms with Crippen molar-refractivity contribution in [2.75, 3.05) is 19.7 Å². The monoisotopic (exact) mass is 118 g/mol. The Hall–Kier alpha value is -0.120. The number of hydrogen-bond acceptors (Lipinski definition) is 3. The molecule has 1 saturated heterocycles. The van der Waals surface area contributed by atoms with Crippen molar-refractivity contribution in [1.82, 2.24) is 11.5 Å². The zero-order valence-corrected chi connectivity index (χ0v) is 5.31. The largest absolute Gasteiger partial charge is 0.376 e. The number of ether oxygens (including phenoxy) is 1. The summed E-state index contributed by atoms with van der Waals surface area (Å²) in [5.41, 5.74) is 0. The van der Waals surface area contributed by atoms with E-state index in [1.54, 1.807) is 0 Å². The maximum atomic E-state index is 5.22. The zero-order valence-electron chi connectivity index (χ0n) is 5.31. The van der Waals surface area contributed by atoms with E-state index in [0.717, 1.165) is 19.7 Å². The van der Waals surface area contributed by atoms with Crippen molar-refractivity contribution in [3.8, 4) is 0 Å². The van der Waals surface area contributed by atoms with Crippen LogP contribution in [0.1, 0.15) is 6.92 Å². The quantitative estimate of drug-likeness (QED) is 0.476. The Kier molecular flexibility index (Phi) is 3.77. The molecule has 4 N–H and O–H groups in total. The molecule has 3 heteroatoms. The van der Waals surface area contributed by atoms with Crippen LogP contribution in [0, 0.1) is 0 Å². The fourth-order valence-electron chi connectivity index (χ4n) is 0.697. The van der Waals surface area contributed by atoms with E-state index in [2.05, 4.69) is 12.2 Å². The third-order valence-corrected chi connectivity index (χ3v) is 1.11. The van der Waals surface area contributed by atoms with Gasteiger partial charge in [0.25, 0.3) is 0 Å². The van der Waals surface area contributed by atoms with E-state index in [1.807, 2.05) is 0 Å². The van der Waals surface area contributed by atoms with Gasteiger partial charge in [0.2, 0.25) is 0 Å². The van der Waals surface area contributed by atoms with Crippen LogP contribution in [-0.2, 0) is 4.74 Å². The van der Waals surface area contributed by atoms with Crippen LogP contribution in [-0.4, -0.2) is 25.8 Å². The minimum Gasteiger partial charge on any atom is -0.376 e. The normalized spacial score (nSPS) is 28.9. The summed E-state index contributed by atoms with van der Waals surface area (Å²) in [5, 5.41) is 3.21. The Bertz CT molecular complexity index is 52.4. The predicted molar refractivity (Wildman–Crippen MR) is 33.3 cm³/mol. The lowest BCUT2D eigenvalue weighted by Gasteiger charge is -2.18. The minimum absolute atomic E-state index is 0. The second-order valence-electron chi connectivity index (χ2n) is 1.89. The fraction of sp³-hybridized carbons (Fsp3) is 1.00. The molecule has 0 aromatic rings. The number of rotatable bonds is 0. The predicted octanol–water partition coefficient (Wildman–Crippen LogP) is 0.157. The Labute approximate surface area is 50.0 Å². The number of morpholine rings is 1. The molecule has 1 aliphatic heterocycles. The second-order valence-corrected chi connectivity index (χ2v) is 1.89. The molecule has 0 aromatic heterocycles. The molecule has 1 fully saturated rings. The van der Waals surface area contributed by atoms with Crippen molar-refractivity contribution < 1.29 is 4.74 Å². The van der Waals surface area contributed by atoms with E-state index in [4.69, 9.17) is 4.74 Å². The summed E-state index contributed by atoms with van der Waals surface area (Å²) in [6.07, 6.45) is 0.425. The van der Waals surface area contributed by atoms with Gasteiger partial charge in [0.1, 0.15) is 0 Å². The average molecular weight is 118 g/mol. The maximum absolute atomic E-state index is 5.22.